The molecule has 0 spiro atoms. The first-order chi connectivity index (χ1) is 20.5. The van der Waals surface area contributed by atoms with E-state index in [9.17, 15) is 14.7 Å². The van der Waals surface area contributed by atoms with Crippen LogP contribution in [0.5, 0.6) is 17.2 Å². The first-order valence-electron chi connectivity index (χ1n) is 14.6. The van der Waals surface area contributed by atoms with Crippen LogP contribution in [0.4, 0.5) is 0 Å². The highest BCUT2D eigenvalue weighted by Gasteiger charge is 2.46. The molecular weight excluding hydrogens is 532 g/mol. The molecule has 1 amide bonds. The van der Waals surface area contributed by atoms with Gasteiger partial charge in [-0.05, 0) is 73.4 Å². The smallest absolute Gasteiger partial charge is 0.295 e. The summed E-state index contributed by atoms with van der Waals surface area (Å²) in [5.74, 6) is 0.466. The van der Waals surface area contributed by atoms with Crippen LogP contribution >= 0.6 is 0 Å². The minimum Gasteiger partial charge on any atom is -0.507 e. The summed E-state index contributed by atoms with van der Waals surface area (Å²) in [6, 6.07) is 21.3. The van der Waals surface area contributed by atoms with Gasteiger partial charge in [0.15, 0.2) is 0 Å². The molecule has 5 rings (SSSR count). The maximum Gasteiger partial charge on any atom is 0.295 e. The van der Waals surface area contributed by atoms with Crippen LogP contribution in [0.15, 0.2) is 78.4 Å². The Morgan fingerprint density at radius 3 is 2.45 bits per heavy atom. The van der Waals surface area contributed by atoms with Gasteiger partial charge >= 0.3 is 0 Å². The number of carbonyl (C=O) groups is 2. The highest BCUT2D eigenvalue weighted by molar-refractivity contribution is 6.46. The highest BCUT2D eigenvalue weighted by atomic mass is 16.5. The van der Waals surface area contributed by atoms with Crippen LogP contribution in [0.2, 0.25) is 0 Å². The van der Waals surface area contributed by atoms with Gasteiger partial charge in [-0.1, -0.05) is 37.3 Å². The molecule has 1 N–H and O–H groups in total. The number of benzene rings is 3. The van der Waals surface area contributed by atoms with Crippen LogP contribution in [0.1, 0.15) is 42.5 Å². The fourth-order valence-corrected chi connectivity index (χ4v) is 5.45. The molecule has 8 heteroatoms. The van der Waals surface area contributed by atoms with Crippen LogP contribution in [-0.4, -0.2) is 72.6 Å². The lowest BCUT2D eigenvalue weighted by atomic mass is 9.94. The van der Waals surface area contributed by atoms with E-state index >= 15 is 0 Å². The predicted octanol–water partition coefficient (Wildman–Crippen LogP) is 5.72. The van der Waals surface area contributed by atoms with Crippen molar-refractivity contribution in [3.63, 3.8) is 0 Å². The van der Waals surface area contributed by atoms with Crippen molar-refractivity contribution < 1.29 is 28.9 Å². The highest BCUT2D eigenvalue weighted by Crippen LogP contribution is 2.41. The van der Waals surface area contributed by atoms with Crippen molar-refractivity contribution >= 4 is 17.4 Å². The third kappa shape index (κ3) is 6.66. The zero-order valence-electron chi connectivity index (χ0n) is 24.3. The molecule has 0 aromatic heterocycles. The van der Waals surface area contributed by atoms with Gasteiger partial charge in [-0.3, -0.25) is 14.5 Å². The summed E-state index contributed by atoms with van der Waals surface area (Å²) < 4.78 is 17.3. The van der Waals surface area contributed by atoms with Crippen LogP contribution in [0.25, 0.3) is 5.76 Å². The Morgan fingerprint density at radius 2 is 1.71 bits per heavy atom. The Morgan fingerprint density at radius 1 is 0.952 bits per heavy atom. The quantitative estimate of drug-likeness (QED) is 0.179. The number of aryl methyl sites for hydroxylation is 1. The van der Waals surface area contributed by atoms with Gasteiger partial charge in [-0.25, -0.2) is 0 Å². The van der Waals surface area contributed by atoms with Crippen molar-refractivity contribution in [1.82, 2.24) is 9.80 Å². The second kappa shape index (κ2) is 13.7. The van der Waals surface area contributed by atoms with E-state index in [-0.39, 0.29) is 11.3 Å². The number of hydrogen-bond acceptors (Lipinski definition) is 7. The number of morpholine rings is 1. The van der Waals surface area contributed by atoms with E-state index in [1.54, 1.807) is 23.1 Å². The molecule has 3 aromatic rings. The Hall–Kier alpha value is -4.14. The number of para-hydroxylation sites is 1. The number of carbonyl (C=O) groups excluding carboxylic acids is 2. The molecule has 0 bridgehead atoms. The molecule has 0 saturated carbocycles. The number of Topliss-reactive ketones (excluding diaryl/α,β-unsaturated/α-hetero) is 1. The maximum atomic E-state index is 13.6. The second-order valence-corrected chi connectivity index (χ2v) is 10.6. The van der Waals surface area contributed by atoms with Crippen molar-refractivity contribution in [2.75, 3.05) is 46.0 Å². The molecule has 2 aliphatic rings. The lowest BCUT2D eigenvalue weighted by Crippen LogP contribution is -2.38. The fraction of sp³-hybridized carbons (Fsp3) is 0.353. The summed E-state index contributed by atoms with van der Waals surface area (Å²) >= 11 is 0. The number of ketones is 1. The number of nitrogens with zero attached hydrogens (tertiary/aromatic N) is 2. The van der Waals surface area contributed by atoms with E-state index in [1.165, 1.54) is 0 Å². The SMILES string of the molecule is CCCOc1ccc(C(O)=C2C(=O)C(=O)N(CCCN3CCOCC3)[C@H]2c2cccc(Oc3ccccc3)c2)cc1C. The summed E-state index contributed by atoms with van der Waals surface area (Å²) in [4.78, 5) is 30.9. The summed E-state index contributed by atoms with van der Waals surface area (Å²) in [7, 11) is 0. The van der Waals surface area contributed by atoms with E-state index in [0.29, 0.717) is 55.4 Å². The Kier molecular flexibility index (Phi) is 9.56. The van der Waals surface area contributed by atoms with Gasteiger partial charge < -0.3 is 24.2 Å². The molecule has 42 heavy (non-hydrogen) atoms. The summed E-state index contributed by atoms with van der Waals surface area (Å²) in [5, 5.41) is 11.6. The zero-order valence-corrected chi connectivity index (χ0v) is 24.3. The lowest BCUT2D eigenvalue weighted by Gasteiger charge is -2.29. The summed E-state index contributed by atoms with van der Waals surface area (Å²) in [5.41, 5.74) is 2.06. The number of hydrogen-bond donors (Lipinski definition) is 1. The van der Waals surface area contributed by atoms with Crippen molar-refractivity contribution in [2.45, 2.75) is 32.7 Å². The standard InChI is InChI=1S/C34H38N2O6/c1-3-19-41-29-14-13-26(22-24(29)2)32(37)30-31(25-9-7-12-28(23-25)42-27-10-5-4-6-11-27)36(34(39)33(30)38)16-8-15-35-17-20-40-21-18-35/h4-7,9-14,22-23,31,37H,3,8,15-21H2,1-2H3/t31-/m0/s1. The van der Waals surface area contributed by atoms with Gasteiger partial charge in [0.25, 0.3) is 11.7 Å². The van der Waals surface area contributed by atoms with Gasteiger partial charge in [0.05, 0.1) is 31.4 Å². The van der Waals surface area contributed by atoms with Gasteiger partial charge in [0.2, 0.25) is 0 Å². The first-order valence-corrected chi connectivity index (χ1v) is 14.6. The molecular formula is C34H38N2O6. The van der Waals surface area contributed by atoms with E-state index < -0.39 is 17.7 Å². The number of aliphatic hydroxyl groups excluding tert-OH is 1. The molecule has 2 saturated heterocycles. The first kappa shape index (κ1) is 29.4. The molecule has 2 aliphatic heterocycles. The Balaban J connectivity index is 1.49. The number of likely N-dealkylation sites (tertiary alicyclic amines) is 1. The van der Waals surface area contributed by atoms with Gasteiger partial charge in [-0.2, -0.15) is 0 Å². The monoisotopic (exact) mass is 570 g/mol. The Labute approximate surface area is 247 Å². The fourth-order valence-electron chi connectivity index (χ4n) is 5.45. The van der Waals surface area contributed by atoms with Crippen LogP contribution < -0.4 is 9.47 Å². The van der Waals surface area contributed by atoms with Gasteiger partial charge in [0.1, 0.15) is 23.0 Å². The predicted molar refractivity (Wildman–Crippen MR) is 161 cm³/mol. The lowest BCUT2D eigenvalue weighted by molar-refractivity contribution is -0.140. The van der Waals surface area contributed by atoms with E-state index in [2.05, 4.69) is 4.90 Å². The van der Waals surface area contributed by atoms with Crippen molar-refractivity contribution in [3.05, 3.63) is 95.1 Å². The Bertz CT molecular complexity index is 1430. The maximum absolute atomic E-state index is 13.6. The van der Waals surface area contributed by atoms with E-state index in [1.807, 2.05) is 68.4 Å². The third-order valence-corrected chi connectivity index (χ3v) is 7.58. The number of aliphatic hydroxyl groups is 1. The number of rotatable bonds is 11. The van der Waals surface area contributed by atoms with Crippen LogP contribution in [-0.2, 0) is 14.3 Å². The largest absolute Gasteiger partial charge is 0.507 e. The average molecular weight is 571 g/mol. The molecule has 0 unspecified atom stereocenters. The minimum atomic E-state index is -0.759. The molecule has 3 aromatic carbocycles. The van der Waals surface area contributed by atoms with E-state index in [0.717, 1.165) is 37.4 Å². The number of ether oxygens (including phenoxy) is 3. The number of amides is 1. The van der Waals surface area contributed by atoms with Crippen LogP contribution in [0.3, 0.4) is 0 Å². The second-order valence-electron chi connectivity index (χ2n) is 10.6. The van der Waals surface area contributed by atoms with Gasteiger partial charge in [0, 0.05) is 31.7 Å². The third-order valence-electron chi connectivity index (χ3n) is 7.58. The normalized spacial score (nSPS) is 18.8. The summed E-state index contributed by atoms with van der Waals surface area (Å²) in [6.45, 7) is 8.76. The van der Waals surface area contributed by atoms with Crippen LogP contribution in [0, 0.1) is 6.92 Å². The molecule has 2 heterocycles. The molecule has 8 nitrogen and oxygen atoms in total. The molecule has 220 valence electrons. The topological polar surface area (TPSA) is 88.5 Å². The van der Waals surface area contributed by atoms with Crippen molar-refractivity contribution in [2.24, 2.45) is 0 Å². The average Bonchev–Trinajstić information content (AvgIpc) is 3.26. The van der Waals surface area contributed by atoms with Crippen molar-refractivity contribution in [1.29, 1.82) is 0 Å². The molecule has 0 aliphatic carbocycles. The molecule has 0 radical (unpaired) electrons. The van der Waals surface area contributed by atoms with E-state index in [4.69, 9.17) is 14.2 Å². The van der Waals surface area contributed by atoms with Crippen molar-refractivity contribution in [3.8, 4) is 17.2 Å². The minimum absolute atomic E-state index is 0.0739. The van der Waals surface area contributed by atoms with Gasteiger partial charge in [-0.15, -0.1) is 0 Å². The zero-order chi connectivity index (χ0) is 29.5. The molecule has 2 fully saturated rings. The summed E-state index contributed by atoms with van der Waals surface area (Å²) in [6.07, 6.45) is 1.57. The molecule has 1 atom stereocenters.